The third-order valence-corrected chi connectivity index (χ3v) is 2.85. The predicted molar refractivity (Wildman–Crippen MR) is 66.4 cm³/mol. The van der Waals surface area contributed by atoms with Crippen molar-refractivity contribution in [1.82, 2.24) is 24.9 Å². The van der Waals surface area contributed by atoms with Crippen molar-refractivity contribution in [2.24, 2.45) is 7.05 Å². The van der Waals surface area contributed by atoms with Gasteiger partial charge in [-0.1, -0.05) is 0 Å². The summed E-state index contributed by atoms with van der Waals surface area (Å²) < 4.78 is 3.76. The SMILES string of the molecule is CCn1cc(C(C)NCc2cnn(C)c2)cn1. The van der Waals surface area contributed by atoms with E-state index in [0.717, 1.165) is 13.1 Å². The molecule has 0 fully saturated rings. The highest BCUT2D eigenvalue weighted by Gasteiger charge is 2.07. The van der Waals surface area contributed by atoms with Gasteiger partial charge in [0.15, 0.2) is 0 Å². The molecule has 0 bridgehead atoms. The molecule has 0 aliphatic heterocycles. The molecule has 5 nitrogen and oxygen atoms in total. The molecule has 0 radical (unpaired) electrons. The van der Waals surface area contributed by atoms with Crippen LogP contribution in [0.4, 0.5) is 0 Å². The van der Waals surface area contributed by atoms with Gasteiger partial charge in [0.2, 0.25) is 0 Å². The Labute approximate surface area is 101 Å². The molecule has 2 heterocycles. The van der Waals surface area contributed by atoms with E-state index < -0.39 is 0 Å². The highest BCUT2D eigenvalue weighted by molar-refractivity contribution is 5.10. The van der Waals surface area contributed by atoms with E-state index >= 15 is 0 Å². The number of aromatic nitrogens is 4. The average molecular weight is 233 g/mol. The van der Waals surface area contributed by atoms with Gasteiger partial charge in [0.1, 0.15) is 0 Å². The molecule has 0 aliphatic rings. The first kappa shape index (κ1) is 11.9. The maximum atomic E-state index is 4.28. The quantitative estimate of drug-likeness (QED) is 0.851. The normalized spacial score (nSPS) is 12.9. The Balaban J connectivity index is 1.90. The standard InChI is InChI=1S/C12H19N5/c1-4-17-9-12(7-15-17)10(2)13-5-11-6-14-16(3)8-11/h6-10,13H,4-5H2,1-3H3. The average Bonchev–Trinajstić information content (AvgIpc) is 2.94. The van der Waals surface area contributed by atoms with Crippen molar-refractivity contribution in [1.29, 1.82) is 0 Å². The van der Waals surface area contributed by atoms with E-state index in [1.165, 1.54) is 11.1 Å². The summed E-state index contributed by atoms with van der Waals surface area (Å²) in [7, 11) is 1.93. The largest absolute Gasteiger partial charge is 0.306 e. The summed E-state index contributed by atoms with van der Waals surface area (Å²) in [6.45, 7) is 5.97. The van der Waals surface area contributed by atoms with E-state index in [2.05, 4.69) is 35.6 Å². The minimum Gasteiger partial charge on any atom is -0.306 e. The predicted octanol–water partition coefficient (Wildman–Crippen LogP) is 1.49. The second-order valence-corrected chi connectivity index (χ2v) is 4.25. The Bertz CT molecular complexity index is 471. The monoisotopic (exact) mass is 233 g/mol. The van der Waals surface area contributed by atoms with Crippen LogP contribution in [0.2, 0.25) is 0 Å². The van der Waals surface area contributed by atoms with Crippen LogP contribution in [0, 0.1) is 0 Å². The van der Waals surface area contributed by atoms with Gasteiger partial charge in [-0.15, -0.1) is 0 Å². The molecule has 17 heavy (non-hydrogen) atoms. The van der Waals surface area contributed by atoms with Crippen molar-refractivity contribution in [2.75, 3.05) is 0 Å². The number of hydrogen-bond donors (Lipinski definition) is 1. The van der Waals surface area contributed by atoms with Gasteiger partial charge in [-0.05, 0) is 13.8 Å². The van der Waals surface area contributed by atoms with Crippen molar-refractivity contribution >= 4 is 0 Å². The smallest absolute Gasteiger partial charge is 0.0537 e. The summed E-state index contributed by atoms with van der Waals surface area (Å²) in [4.78, 5) is 0. The molecule has 1 unspecified atom stereocenters. The molecular weight excluding hydrogens is 214 g/mol. The fourth-order valence-electron chi connectivity index (χ4n) is 1.73. The van der Waals surface area contributed by atoms with Gasteiger partial charge in [-0.2, -0.15) is 10.2 Å². The van der Waals surface area contributed by atoms with Gasteiger partial charge < -0.3 is 5.32 Å². The Morgan fingerprint density at radius 1 is 1.29 bits per heavy atom. The summed E-state index contributed by atoms with van der Waals surface area (Å²) in [6, 6.07) is 0.301. The van der Waals surface area contributed by atoms with Crippen molar-refractivity contribution < 1.29 is 0 Å². The fraction of sp³-hybridized carbons (Fsp3) is 0.500. The lowest BCUT2D eigenvalue weighted by molar-refractivity contribution is 0.572. The van der Waals surface area contributed by atoms with Crippen LogP contribution in [-0.2, 0) is 20.1 Å². The number of rotatable bonds is 5. The molecule has 0 spiro atoms. The van der Waals surface area contributed by atoms with Crippen molar-refractivity contribution in [3.8, 4) is 0 Å². The summed E-state index contributed by atoms with van der Waals surface area (Å²) in [5, 5.41) is 11.9. The molecule has 1 N–H and O–H groups in total. The topological polar surface area (TPSA) is 47.7 Å². The number of aryl methyl sites for hydroxylation is 2. The maximum absolute atomic E-state index is 4.28. The van der Waals surface area contributed by atoms with Crippen LogP contribution in [0.15, 0.2) is 24.8 Å². The Morgan fingerprint density at radius 3 is 2.71 bits per heavy atom. The van der Waals surface area contributed by atoms with E-state index in [1.807, 2.05) is 35.0 Å². The van der Waals surface area contributed by atoms with Crippen LogP contribution in [0.1, 0.15) is 31.0 Å². The summed E-state index contributed by atoms with van der Waals surface area (Å²) >= 11 is 0. The molecule has 2 rings (SSSR count). The van der Waals surface area contributed by atoms with E-state index in [4.69, 9.17) is 0 Å². The van der Waals surface area contributed by atoms with E-state index in [0.29, 0.717) is 6.04 Å². The fourth-order valence-corrected chi connectivity index (χ4v) is 1.73. The second-order valence-electron chi connectivity index (χ2n) is 4.25. The molecule has 0 aliphatic carbocycles. The zero-order valence-electron chi connectivity index (χ0n) is 10.6. The Morgan fingerprint density at radius 2 is 2.12 bits per heavy atom. The van der Waals surface area contributed by atoms with E-state index in [1.54, 1.807) is 0 Å². The first-order valence-corrected chi connectivity index (χ1v) is 5.92. The zero-order chi connectivity index (χ0) is 12.3. The highest BCUT2D eigenvalue weighted by atomic mass is 15.3. The van der Waals surface area contributed by atoms with Crippen LogP contribution in [0.3, 0.4) is 0 Å². The molecule has 0 amide bonds. The van der Waals surface area contributed by atoms with Gasteiger partial charge >= 0.3 is 0 Å². The lowest BCUT2D eigenvalue weighted by Gasteiger charge is -2.10. The van der Waals surface area contributed by atoms with Gasteiger partial charge in [0.25, 0.3) is 0 Å². The minimum absolute atomic E-state index is 0.301. The molecule has 0 aromatic carbocycles. The van der Waals surface area contributed by atoms with Crippen LogP contribution in [-0.4, -0.2) is 19.6 Å². The third-order valence-electron chi connectivity index (χ3n) is 2.85. The van der Waals surface area contributed by atoms with Crippen LogP contribution >= 0.6 is 0 Å². The lowest BCUT2D eigenvalue weighted by atomic mass is 10.2. The first-order chi connectivity index (χ1) is 8.19. The van der Waals surface area contributed by atoms with Crippen molar-refractivity contribution in [3.05, 3.63) is 35.9 Å². The molecular formula is C12H19N5. The summed E-state index contributed by atoms with van der Waals surface area (Å²) in [5.74, 6) is 0. The number of nitrogens with one attached hydrogen (secondary N) is 1. The van der Waals surface area contributed by atoms with Crippen LogP contribution < -0.4 is 5.32 Å². The number of nitrogens with zero attached hydrogens (tertiary/aromatic N) is 4. The zero-order valence-corrected chi connectivity index (χ0v) is 10.6. The highest BCUT2D eigenvalue weighted by Crippen LogP contribution is 2.11. The molecule has 2 aromatic rings. The van der Waals surface area contributed by atoms with Crippen LogP contribution in [0.5, 0.6) is 0 Å². The number of hydrogen-bond acceptors (Lipinski definition) is 3. The molecule has 92 valence electrons. The van der Waals surface area contributed by atoms with E-state index in [9.17, 15) is 0 Å². The summed E-state index contributed by atoms with van der Waals surface area (Å²) in [6.07, 6.45) is 7.91. The molecule has 2 aromatic heterocycles. The second kappa shape index (κ2) is 5.14. The molecule has 0 saturated carbocycles. The Hall–Kier alpha value is -1.62. The van der Waals surface area contributed by atoms with Gasteiger partial charge in [-0.3, -0.25) is 9.36 Å². The van der Waals surface area contributed by atoms with E-state index in [-0.39, 0.29) is 0 Å². The molecule has 0 saturated heterocycles. The summed E-state index contributed by atoms with van der Waals surface area (Å²) in [5.41, 5.74) is 2.41. The van der Waals surface area contributed by atoms with Crippen molar-refractivity contribution in [3.63, 3.8) is 0 Å². The molecule has 5 heteroatoms. The Kier molecular flexibility index (Phi) is 3.58. The third kappa shape index (κ3) is 2.94. The van der Waals surface area contributed by atoms with Crippen LogP contribution in [0.25, 0.3) is 0 Å². The van der Waals surface area contributed by atoms with Gasteiger partial charge in [0.05, 0.1) is 12.4 Å². The molecule has 1 atom stereocenters. The van der Waals surface area contributed by atoms with Gasteiger partial charge in [-0.25, -0.2) is 0 Å². The minimum atomic E-state index is 0.301. The maximum Gasteiger partial charge on any atom is 0.0537 e. The lowest BCUT2D eigenvalue weighted by Crippen LogP contribution is -2.17. The van der Waals surface area contributed by atoms with Crippen molar-refractivity contribution in [2.45, 2.75) is 33.0 Å². The van der Waals surface area contributed by atoms with Gasteiger partial charge in [0, 0.05) is 49.7 Å². The first-order valence-electron chi connectivity index (χ1n) is 5.92.